The van der Waals surface area contributed by atoms with E-state index in [2.05, 4.69) is 17.4 Å². The molecule has 2 saturated heterocycles. The lowest BCUT2D eigenvalue weighted by Crippen LogP contribution is -2.40. The molecule has 2 heterocycles. The SMILES string of the molecule is O[C@@H]1COC2C1OC[C@H]2NCc1ccccc1. The van der Waals surface area contributed by atoms with Crippen molar-refractivity contribution in [1.29, 1.82) is 0 Å². The first-order valence-corrected chi connectivity index (χ1v) is 6.03. The van der Waals surface area contributed by atoms with E-state index in [4.69, 9.17) is 9.47 Å². The molecule has 0 saturated carbocycles. The Morgan fingerprint density at radius 1 is 1.12 bits per heavy atom. The lowest BCUT2D eigenvalue weighted by atomic mass is 10.1. The Hall–Kier alpha value is -0.940. The fourth-order valence-electron chi connectivity index (χ4n) is 2.50. The Labute approximate surface area is 101 Å². The first kappa shape index (κ1) is 11.2. The molecule has 2 fully saturated rings. The van der Waals surface area contributed by atoms with E-state index in [-0.39, 0.29) is 18.2 Å². The van der Waals surface area contributed by atoms with Gasteiger partial charge in [-0.05, 0) is 5.56 Å². The molecule has 0 radical (unpaired) electrons. The van der Waals surface area contributed by atoms with Gasteiger partial charge in [0.2, 0.25) is 0 Å². The summed E-state index contributed by atoms with van der Waals surface area (Å²) in [4.78, 5) is 0. The number of fused-ring (bicyclic) bond motifs is 1. The molecule has 4 heteroatoms. The zero-order valence-corrected chi connectivity index (χ0v) is 9.58. The summed E-state index contributed by atoms with van der Waals surface area (Å²) >= 11 is 0. The molecule has 0 aromatic heterocycles. The number of hydrogen-bond acceptors (Lipinski definition) is 4. The van der Waals surface area contributed by atoms with Gasteiger partial charge in [0.1, 0.15) is 18.3 Å². The summed E-state index contributed by atoms with van der Waals surface area (Å²) in [5, 5.41) is 13.1. The first-order chi connectivity index (χ1) is 8.34. The zero-order chi connectivity index (χ0) is 11.7. The number of aliphatic hydroxyl groups excluding tert-OH is 1. The third-order valence-corrected chi connectivity index (χ3v) is 3.44. The van der Waals surface area contributed by atoms with Crippen LogP contribution in [0.5, 0.6) is 0 Å². The van der Waals surface area contributed by atoms with Crippen LogP contribution < -0.4 is 5.32 Å². The van der Waals surface area contributed by atoms with Gasteiger partial charge in [-0.25, -0.2) is 0 Å². The quantitative estimate of drug-likeness (QED) is 0.791. The molecule has 2 N–H and O–H groups in total. The van der Waals surface area contributed by atoms with Gasteiger partial charge in [0.15, 0.2) is 0 Å². The second-order valence-corrected chi connectivity index (χ2v) is 4.64. The summed E-state index contributed by atoms with van der Waals surface area (Å²) in [7, 11) is 0. The number of rotatable bonds is 3. The molecule has 0 aliphatic carbocycles. The van der Waals surface area contributed by atoms with Crippen molar-refractivity contribution in [2.75, 3.05) is 13.2 Å². The minimum absolute atomic E-state index is 0.00582. The molecule has 0 bridgehead atoms. The summed E-state index contributed by atoms with van der Waals surface area (Å²) in [6.45, 7) is 1.80. The highest BCUT2D eigenvalue weighted by atomic mass is 16.6. The second kappa shape index (κ2) is 4.74. The summed E-state index contributed by atoms with van der Waals surface area (Å²) in [5.41, 5.74) is 1.24. The van der Waals surface area contributed by atoms with Crippen LogP contribution in [0, 0.1) is 0 Å². The third-order valence-electron chi connectivity index (χ3n) is 3.44. The number of nitrogens with one attached hydrogen (secondary N) is 1. The van der Waals surface area contributed by atoms with Crippen LogP contribution in [0.25, 0.3) is 0 Å². The van der Waals surface area contributed by atoms with Gasteiger partial charge in [-0.3, -0.25) is 0 Å². The van der Waals surface area contributed by atoms with Gasteiger partial charge in [0, 0.05) is 6.54 Å². The minimum Gasteiger partial charge on any atom is -0.388 e. The highest BCUT2D eigenvalue weighted by Crippen LogP contribution is 2.27. The molecule has 3 rings (SSSR count). The molecule has 17 heavy (non-hydrogen) atoms. The Kier molecular flexibility index (Phi) is 3.11. The van der Waals surface area contributed by atoms with Crippen LogP contribution in [0.2, 0.25) is 0 Å². The molecule has 2 aliphatic heterocycles. The highest BCUT2D eigenvalue weighted by molar-refractivity contribution is 5.14. The van der Waals surface area contributed by atoms with E-state index in [0.717, 1.165) is 6.54 Å². The van der Waals surface area contributed by atoms with E-state index in [1.165, 1.54) is 5.56 Å². The minimum atomic E-state index is -0.469. The number of aliphatic hydroxyl groups is 1. The van der Waals surface area contributed by atoms with Crippen molar-refractivity contribution in [2.24, 2.45) is 0 Å². The lowest BCUT2D eigenvalue weighted by Gasteiger charge is -2.17. The van der Waals surface area contributed by atoms with E-state index >= 15 is 0 Å². The summed E-state index contributed by atoms with van der Waals surface area (Å²) in [6, 6.07) is 10.4. The van der Waals surface area contributed by atoms with Crippen molar-refractivity contribution < 1.29 is 14.6 Å². The largest absolute Gasteiger partial charge is 0.388 e. The molecule has 4 atom stereocenters. The summed E-state index contributed by atoms with van der Waals surface area (Å²) in [5.74, 6) is 0. The fourth-order valence-corrected chi connectivity index (χ4v) is 2.50. The van der Waals surface area contributed by atoms with Crippen LogP contribution in [0.3, 0.4) is 0 Å². The molecule has 0 amide bonds. The zero-order valence-electron chi connectivity index (χ0n) is 9.58. The predicted octanol–water partition coefficient (Wildman–Crippen LogP) is 0.303. The molecular weight excluding hydrogens is 218 g/mol. The topological polar surface area (TPSA) is 50.7 Å². The average Bonchev–Trinajstić information content (AvgIpc) is 2.92. The van der Waals surface area contributed by atoms with E-state index < -0.39 is 6.10 Å². The van der Waals surface area contributed by atoms with Gasteiger partial charge >= 0.3 is 0 Å². The number of ether oxygens (including phenoxy) is 2. The normalized spacial score (nSPS) is 36.1. The molecule has 1 aromatic rings. The molecule has 2 unspecified atom stereocenters. The number of benzene rings is 1. The first-order valence-electron chi connectivity index (χ1n) is 6.03. The van der Waals surface area contributed by atoms with Gasteiger partial charge in [0.05, 0.1) is 19.3 Å². The molecule has 0 spiro atoms. The van der Waals surface area contributed by atoms with Crippen molar-refractivity contribution in [3.8, 4) is 0 Å². The summed E-state index contributed by atoms with van der Waals surface area (Å²) < 4.78 is 11.1. The van der Waals surface area contributed by atoms with Crippen LogP contribution in [0.4, 0.5) is 0 Å². The van der Waals surface area contributed by atoms with Crippen molar-refractivity contribution in [2.45, 2.75) is 30.9 Å². The molecule has 92 valence electrons. The van der Waals surface area contributed by atoms with E-state index in [9.17, 15) is 5.11 Å². The maximum absolute atomic E-state index is 9.62. The molecule has 2 aliphatic rings. The second-order valence-electron chi connectivity index (χ2n) is 4.64. The van der Waals surface area contributed by atoms with Gasteiger partial charge in [-0.15, -0.1) is 0 Å². The van der Waals surface area contributed by atoms with Gasteiger partial charge in [-0.1, -0.05) is 30.3 Å². The van der Waals surface area contributed by atoms with Crippen LogP contribution in [0.15, 0.2) is 30.3 Å². The van der Waals surface area contributed by atoms with Crippen molar-refractivity contribution in [3.63, 3.8) is 0 Å². The molecule has 1 aromatic carbocycles. The van der Waals surface area contributed by atoms with E-state index in [1.54, 1.807) is 0 Å². The van der Waals surface area contributed by atoms with Crippen molar-refractivity contribution in [3.05, 3.63) is 35.9 Å². The third kappa shape index (κ3) is 2.21. The highest BCUT2D eigenvalue weighted by Gasteiger charge is 2.46. The van der Waals surface area contributed by atoms with Crippen LogP contribution >= 0.6 is 0 Å². The van der Waals surface area contributed by atoms with E-state index in [0.29, 0.717) is 13.2 Å². The van der Waals surface area contributed by atoms with Crippen LogP contribution in [-0.4, -0.2) is 42.7 Å². The molecule has 4 nitrogen and oxygen atoms in total. The average molecular weight is 235 g/mol. The Morgan fingerprint density at radius 2 is 1.88 bits per heavy atom. The van der Waals surface area contributed by atoms with Crippen molar-refractivity contribution in [1.82, 2.24) is 5.32 Å². The fraction of sp³-hybridized carbons (Fsp3) is 0.538. The van der Waals surface area contributed by atoms with Crippen LogP contribution in [-0.2, 0) is 16.0 Å². The maximum Gasteiger partial charge on any atom is 0.113 e. The summed E-state index contributed by atoms with van der Waals surface area (Å²) in [6.07, 6.45) is -0.625. The Bertz CT molecular complexity index is 370. The molecular formula is C13H17NO3. The van der Waals surface area contributed by atoms with Gasteiger partial charge in [-0.2, -0.15) is 0 Å². The van der Waals surface area contributed by atoms with Gasteiger partial charge in [0.25, 0.3) is 0 Å². The number of hydrogen-bond donors (Lipinski definition) is 2. The van der Waals surface area contributed by atoms with Gasteiger partial charge < -0.3 is 19.9 Å². The standard InChI is InChI=1S/C13H17NO3/c15-11-8-17-12-10(7-16-13(11)12)14-6-9-4-2-1-3-5-9/h1-5,10-15H,6-8H2/t10-,11-,12?,13?/m1/s1. The Morgan fingerprint density at radius 3 is 2.71 bits per heavy atom. The smallest absolute Gasteiger partial charge is 0.113 e. The van der Waals surface area contributed by atoms with Crippen LogP contribution in [0.1, 0.15) is 5.56 Å². The predicted molar refractivity (Wildman–Crippen MR) is 62.6 cm³/mol. The van der Waals surface area contributed by atoms with E-state index in [1.807, 2.05) is 18.2 Å². The van der Waals surface area contributed by atoms with Crippen molar-refractivity contribution >= 4 is 0 Å². The Balaban J connectivity index is 1.57. The monoisotopic (exact) mass is 235 g/mol. The lowest BCUT2D eigenvalue weighted by molar-refractivity contribution is 0.0178. The maximum atomic E-state index is 9.62.